The van der Waals surface area contributed by atoms with E-state index in [0.717, 1.165) is 28.5 Å². The van der Waals surface area contributed by atoms with Crippen molar-refractivity contribution in [2.75, 3.05) is 16.8 Å². The van der Waals surface area contributed by atoms with Gasteiger partial charge in [0.1, 0.15) is 5.75 Å². The molecule has 3 aromatic carbocycles. The number of carbonyl (C=O) groups is 1. The molecule has 7 nitrogen and oxygen atoms in total. The number of hydrogen-bond donors (Lipinski definition) is 2. The summed E-state index contributed by atoms with van der Waals surface area (Å²) in [6.45, 7) is 8.51. The highest BCUT2D eigenvalue weighted by molar-refractivity contribution is 7.80. The Kier molecular flexibility index (Phi) is 8.17. The zero-order valence-corrected chi connectivity index (χ0v) is 26.1. The van der Waals surface area contributed by atoms with E-state index in [1.54, 1.807) is 0 Å². The molecule has 1 aliphatic rings. The van der Waals surface area contributed by atoms with E-state index in [1.807, 2.05) is 79.0 Å². The van der Waals surface area contributed by atoms with Gasteiger partial charge >= 0.3 is 0 Å². The molecule has 1 amide bonds. The maximum absolute atomic E-state index is 12.6. The van der Waals surface area contributed by atoms with Crippen molar-refractivity contribution in [3.05, 3.63) is 137 Å². The van der Waals surface area contributed by atoms with E-state index in [9.17, 15) is 4.79 Å². The van der Waals surface area contributed by atoms with Gasteiger partial charge in [0, 0.05) is 34.6 Å². The molecular weight excluding hydrogens is 566 g/mol. The molecule has 2 atom stereocenters. The van der Waals surface area contributed by atoms with Crippen LogP contribution in [0.15, 0.2) is 103 Å². The molecule has 2 aromatic heterocycles. The molecule has 3 heterocycles. The Labute approximate surface area is 263 Å². The third kappa shape index (κ3) is 5.94. The molecule has 1 saturated heterocycles. The lowest BCUT2D eigenvalue weighted by Gasteiger charge is -2.28. The number of benzene rings is 3. The maximum atomic E-state index is 12.6. The summed E-state index contributed by atoms with van der Waals surface area (Å²) in [5, 5.41) is 7.10. The number of ether oxygens (including phenoxy) is 1. The van der Waals surface area contributed by atoms with Crippen molar-refractivity contribution in [3.8, 4) is 11.4 Å². The van der Waals surface area contributed by atoms with Crippen molar-refractivity contribution in [1.82, 2.24) is 14.9 Å². The molecular formula is C36H35N5O2S. The van der Waals surface area contributed by atoms with Crippen LogP contribution in [0.5, 0.6) is 5.75 Å². The highest BCUT2D eigenvalue weighted by Gasteiger charge is 2.42. The Hall–Kier alpha value is -4.95. The van der Waals surface area contributed by atoms with Gasteiger partial charge in [-0.1, -0.05) is 30.3 Å². The predicted octanol–water partition coefficient (Wildman–Crippen LogP) is 7.30. The predicted molar refractivity (Wildman–Crippen MR) is 180 cm³/mol. The standard InChI is InChI=1S/C36H35N5O2S/c1-23-18-24(2)20-29(19-23)40-25(3)21-31(26(40)4)35-34(32-12-8-9-17-37-32)39-36(44)41(35)28-15-13-27(14-16-28)38-33(42)22-43-30-10-6-5-7-11-30/h5-21,34-35H,22H2,1-4H3,(H,38,42)(H,39,44)/t34-,35+/m1/s1. The third-order valence-electron chi connectivity index (χ3n) is 7.89. The topological polar surface area (TPSA) is 71.4 Å². The van der Waals surface area contributed by atoms with Gasteiger partial charge in [0.2, 0.25) is 0 Å². The first-order valence-corrected chi connectivity index (χ1v) is 15.1. The normalized spacial score (nSPS) is 16.1. The number of pyridine rings is 1. The molecule has 1 fully saturated rings. The van der Waals surface area contributed by atoms with Gasteiger partial charge in [-0.15, -0.1) is 0 Å². The molecule has 8 heteroatoms. The molecule has 1 aliphatic heterocycles. The molecule has 6 rings (SSSR count). The molecule has 5 aromatic rings. The summed E-state index contributed by atoms with van der Waals surface area (Å²) >= 11 is 5.96. The van der Waals surface area contributed by atoms with Gasteiger partial charge in [0.15, 0.2) is 11.7 Å². The first kappa shape index (κ1) is 29.1. The fraction of sp³-hybridized carbons (Fsp3) is 0.194. The quantitative estimate of drug-likeness (QED) is 0.182. The third-order valence-corrected chi connectivity index (χ3v) is 8.21. The number of anilines is 2. The van der Waals surface area contributed by atoms with Gasteiger partial charge in [-0.2, -0.15) is 0 Å². The first-order valence-electron chi connectivity index (χ1n) is 14.6. The number of aromatic nitrogens is 2. The van der Waals surface area contributed by atoms with Gasteiger partial charge in [0.05, 0.1) is 17.8 Å². The highest BCUT2D eigenvalue weighted by atomic mass is 32.1. The number of hydrogen-bond acceptors (Lipinski definition) is 4. The van der Waals surface area contributed by atoms with Crippen LogP contribution in [0.3, 0.4) is 0 Å². The van der Waals surface area contributed by atoms with Crippen molar-refractivity contribution >= 4 is 34.6 Å². The molecule has 0 aliphatic carbocycles. The monoisotopic (exact) mass is 601 g/mol. The van der Waals surface area contributed by atoms with Crippen LogP contribution in [-0.2, 0) is 4.79 Å². The van der Waals surface area contributed by atoms with Gasteiger partial charge < -0.3 is 24.8 Å². The zero-order chi connectivity index (χ0) is 30.8. The van der Waals surface area contributed by atoms with Crippen LogP contribution >= 0.6 is 12.2 Å². The Morgan fingerprint density at radius 2 is 1.59 bits per heavy atom. The van der Waals surface area contributed by atoms with Crippen LogP contribution in [0.2, 0.25) is 0 Å². The number of nitrogens with one attached hydrogen (secondary N) is 2. The van der Waals surface area contributed by atoms with Crippen LogP contribution in [0.1, 0.15) is 45.9 Å². The average molecular weight is 602 g/mol. The average Bonchev–Trinajstić information content (AvgIpc) is 3.51. The lowest BCUT2D eigenvalue weighted by atomic mass is 9.96. The van der Waals surface area contributed by atoms with Crippen molar-refractivity contribution in [2.45, 2.75) is 39.8 Å². The van der Waals surface area contributed by atoms with Crippen molar-refractivity contribution in [3.63, 3.8) is 0 Å². The first-order chi connectivity index (χ1) is 21.3. The minimum Gasteiger partial charge on any atom is -0.484 e. The molecule has 0 saturated carbocycles. The van der Waals surface area contributed by atoms with E-state index in [0.29, 0.717) is 16.5 Å². The second kappa shape index (κ2) is 12.3. The molecule has 0 radical (unpaired) electrons. The Morgan fingerprint density at radius 1 is 0.886 bits per heavy atom. The number of thiocarbonyl (C=S) groups is 1. The zero-order valence-electron chi connectivity index (χ0n) is 25.2. The summed E-state index contributed by atoms with van der Waals surface area (Å²) in [6, 6.07) is 31.6. The number of para-hydroxylation sites is 1. The molecule has 222 valence electrons. The molecule has 0 spiro atoms. The number of nitrogens with zero attached hydrogens (tertiary/aromatic N) is 3. The van der Waals surface area contributed by atoms with E-state index in [4.69, 9.17) is 21.9 Å². The number of aryl methyl sites for hydroxylation is 3. The minimum atomic E-state index is -0.230. The fourth-order valence-corrected chi connectivity index (χ4v) is 6.43. The lowest BCUT2D eigenvalue weighted by Crippen LogP contribution is -2.29. The smallest absolute Gasteiger partial charge is 0.262 e. The van der Waals surface area contributed by atoms with Gasteiger partial charge in [-0.3, -0.25) is 9.78 Å². The van der Waals surface area contributed by atoms with E-state index in [2.05, 4.69) is 72.1 Å². The summed E-state index contributed by atoms with van der Waals surface area (Å²) in [5.74, 6) is 0.422. The molecule has 0 bridgehead atoms. The summed E-state index contributed by atoms with van der Waals surface area (Å²) in [7, 11) is 0. The summed E-state index contributed by atoms with van der Waals surface area (Å²) in [5.41, 5.74) is 9.58. The van der Waals surface area contributed by atoms with Crippen molar-refractivity contribution < 1.29 is 9.53 Å². The Bertz CT molecular complexity index is 1780. The maximum Gasteiger partial charge on any atom is 0.262 e. The number of carbonyl (C=O) groups excluding carboxylic acids is 1. The summed E-state index contributed by atoms with van der Waals surface area (Å²) < 4.78 is 7.91. The second-order valence-electron chi connectivity index (χ2n) is 11.2. The van der Waals surface area contributed by atoms with E-state index in [1.165, 1.54) is 16.7 Å². The van der Waals surface area contributed by atoms with E-state index >= 15 is 0 Å². The van der Waals surface area contributed by atoms with Crippen LogP contribution < -0.4 is 20.3 Å². The van der Waals surface area contributed by atoms with E-state index < -0.39 is 0 Å². The van der Waals surface area contributed by atoms with E-state index in [-0.39, 0.29) is 24.6 Å². The molecule has 0 unspecified atom stereocenters. The number of rotatable bonds is 8. The van der Waals surface area contributed by atoms with Gasteiger partial charge in [-0.25, -0.2) is 0 Å². The van der Waals surface area contributed by atoms with Crippen LogP contribution in [-0.4, -0.2) is 27.2 Å². The van der Waals surface area contributed by atoms with Crippen LogP contribution in [0.4, 0.5) is 11.4 Å². The SMILES string of the molecule is Cc1cc(C)cc(-n2c(C)cc([C@H]3[C@@H](c4ccccn4)NC(=S)N3c3ccc(NC(=O)COc4ccccc4)cc3)c2C)c1. The van der Waals surface area contributed by atoms with Gasteiger partial charge in [-0.05, 0) is 123 Å². The number of amides is 1. The Balaban J connectivity index is 1.32. The van der Waals surface area contributed by atoms with Gasteiger partial charge in [0.25, 0.3) is 5.91 Å². The largest absolute Gasteiger partial charge is 0.484 e. The lowest BCUT2D eigenvalue weighted by molar-refractivity contribution is -0.118. The molecule has 44 heavy (non-hydrogen) atoms. The van der Waals surface area contributed by atoms with Crippen molar-refractivity contribution in [1.29, 1.82) is 0 Å². The van der Waals surface area contributed by atoms with Crippen molar-refractivity contribution in [2.24, 2.45) is 0 Å². The summed E-state index contributed by atoms with van der Waals surface area (Å²) in [6.07, 6.45) is 1.82. The second-order valence-corrected chi connectivity index (χ2v) is 11.6. The molecule has 2 N–H and O–H groups in total. The fourth-order valence-electron chi connectivity index (χ4n) is 6.08. The van der Waals surface area contributed by atoms with Crippen LogP contribution in [0, 0.1) is 27.7 Å². The van der Waals surface area contributed by atoms with Crippen LogP contribution in [0.25, 0.3) is 5.69 Å². The Morgan fingerprint density at radius 3 is 2.27 bits per heavy atom. The highest BCUT2D eigenvalue weighted by Crippen LogP contribution is 2.44. The minimum absolute atomic E-state index is 0.0736. The summed E-state index contributed by atoms with van der Waals surface area (Å²) in [4.78, 5) is 19.4.